The summed E-state index contributed by atoms with van der Waals surface area (Å²) in [6, 6.07) is 5.57. The van der Waals surface area contributed by atoms with Gasteiger partial charge >= 0.3 is 0 Å². The highest BCUT2D eigenvalue weighted by Gasteiger charge is 2.21. The minimum absolute atomic E-state index is 0.0204. The first kappa shape index (κ1) is 15.5. The third-order valence-electron chi connectivity index (χ3n) is 3.77. The van der Waals surface area contributed by atoms with E-state index in [1.807, 2.05) is 32.0 Å². The smallest absolute Gasteiger partial charge is 0.228 e. The summed E-state index contributed by atoms with van der Waals surface area (Å²) < 4.78 is 0. The first-order valence-electron chi connectivity index (χ1n) is 7.52. The number of rotatable bonds is 4. The molecule has 5 heteroatoms. The van der Waals surface area contributed by atoms with Gasteiger partial charge in [-0.25, -0.2) is 0 Å². The number of amides is 2. The number of carbonyl (C=O) groups is 2. The molecule has 0 unspecified atom stereocenters. The fourth-order valence-corrected chi connectivity index (χ4v) is 2.39. The van der Waals surface area contributed by atoms with Gasteiger partial charge in [0, 0.05) is 24.3 Å². The summed E-state index contributed by atoms with van der Waals surface area (Å²) >= 11 is 0. The van der Waals surface area contributed by atoms with Crippen molar-refractivity contribution in [3.63, 3.8) is 0 Å². The lowest BCUT2D eigenvalue weighted by Crippen LogP contribution is -2.37. The lowest BCUT2D eigenvalue weighted by Gasteiger charge is -2.22. The molecular weight excluding hydrogens is 266 g/mol. The minimum Gasteiger partial charge on any atom is -0.326 e. The Morgan fingerprint density at radius 1 is 1.33 bits per heavy atom. The van der Waals surface area contributed by atoms with Crippen molar-refractivity contribution in [3.05, 3.63) is 23.8 Å². The van der Waals surface area contributed by atoms with Gasteiger partial charge in [-0.15, -0.1) is 0 Å². The molecule has 1 saturated heterocycles. The molecule has 1 aliphatic rings. The van der Waals surface area contributed by atoms with Crippen LogP contribution in [0.4, 0.5) is 11.4 Å². The van der Waals surface area contributed by atoms with Gasteiger partial charge in [-0.05, 0) is 44.0 Å². The van der Waals surface area contributed by atoms with Crippen molar-refractivity contribution in [2.24, 2.45) is 5.92 Å². The van der Waals surface area contributed by atoms with Gasteiger partial charge in [-0.3, -0.25) is 9.59 Å². The summed E-state index contributed by atoms with van der Waals surface area (Å²) in [7, 11) is 0. The molecule has 1 atom stereocenters. The van der Waals surface area contributed by atoms with Crippen molar-refractivity contribution >= 4 is 23.2 Å². The molecular formula is C16H23N3O2. The molecule has 0 bridgehead atoms. The molecule has 0 radical (unpaired) electrons. The highest BCUT2D eigenvalue weighted by atomic mass is 16.2. The number of benzene rings is 1. The summed E-state index contributed by atoms with van der Waals surface area (Å²) in [6.07, 6.45) is 2.39. The average Bonchev–Trinajstić information content (AvgIpc) is 2.51. The van der Waals surface area contributed by atoms with Crippen LogP contribution in [0.1, 0.15) is 31.7 Å². The van der Waals surface area contributed by atoms with E-state index in [2.05, 4.69) is 16.0 Å². The zero-order valence-corrected chi connectivity index (χ0v) is 12.7. The Morgan fingerprint density at radius 3 is 2.81 bits per heavy atom. The van der Waals surface area contributed by atoms with Gasteiger partial charge in [0.2, 0.25) is 11.8 Å². The van der Waals surface area contributed by atoms with E-state index >= 15 is 0 Å². The van der Waals surface area contributed by atoms with Crippen LogP contribution >= 0.6 is 0 Å². The Balaban J connectivity index is 2.05. The van der Waals surface area contributed by atoms with Gasteiger partial charge < -0.3 is 16.0 Å². The molecule has 1 aromatic carbocycles. The van der Waals surface area contributed by atoms with Crippen LogP contribution in [0, 0.1) is 12.8 Å². The molecule has 1 heterocycles. The molecule has 2 amide bonds. The van der Waals surface area contributed by atoms with Gasteiger partial charge in [-0.1, -0.05) is 13.0 Å². The summed E-state index contributed by atoms with van der Waals surface area (Å²) in [5, 5.41) is 9.03. The summed E-state index contributed by atoms with van der Waals surface area (Å²) in [6.45, 7) is 5.47. The molecule has 0 saturated carbocycles. The Morgan fingerprint density at radius 2 is 2.14 bits per heavy atom. The van der Waals surface area contributed by atoms with Crippen molar-refractivity contribution in [2.75, 3.05) is 23.7 Å². The second kappa shape index (κ2) is 7.22. The number of nitrogens with one attached hydrogen (secondary N) is 3. The van der Waals surface area contributed by atoms with Gasteiger partial charge in [0.25, 0.3) is 0 Å². The molecule has 5 nitrogen and oxygen atoms in total. The van der Waals surface area contributed by atoms with E-state index < -0.39 is 0 Å². The van der Waals surface area contributed by atoms with Crippen LogP contribution in [0.5, 0.6) is 0 Å². The normalized spacial score (nSPS) is 18.1. The zero-order chi connectivity index (χ0) is 15.2. The van der Waals surface area contributed by atoms with Gasteiger partial charge in [-0.2, -0.15) is 0 Å². The van der Waals surface area contributed by atoms with Gasteiger partial charge in [0.1, 0.15) is 0 Å². The van der Waals surface area contributed by atoms with Gasteiger partial charge in [0.05, 0.1) is 5.92 Å². The largest absolute Gasteiger partial charge is 0.326 e. The Hall–Kier alpha value is -1.88. The molecule has 1 aliphatic heterocycles. The Kier molecular flexibility index (Phi) is 5.33. The molecule has 2 rings (SSSR count). The quantitative estimate of drug-likeness (QED) is 0.796. The van der Waals surface area contributed by atoms with Crippen LogP contribution in [0.3, 0.4) is 0 Å². The SMILES string of the molecule is CCC(=O)Nc1ccc(C)c(NC(=O)[C@H]2CCCNC2)c1. The third kappa shape index (κ3) is 4.29. The van der Waals surface area contributed by atoms with Crippen molar-refractivity contribution in [1.82, 2.24) is 5.32 Å². The summed E-state index contributed by atoms with van der Waals surface area (Å²) in [5.74, 6) is 0.0314. The first-order valence-corrected chi connectivity index (χ1v) is 7.52. The van der Waals surface area contributed by atoms with E-state index in [1.165, 1.54) is 0 Å². The van der Waals surface area contributed by atoms with Crippen LogP contribution in [-0.4, -0.2) is 24.9 Å². The van der Waals surface area contributed by atoms with E-state index in [-0.39, 0.29) is 17.7 Å². The van der Waals surface area contributed by atoms with Gasteiger partial charge in [0.15, 0.2) is 0 Å². The molecule has 3 N–H and O–H groups in total. The summed E-state index contributed by atoms with van der Waals surface area (Å²) in [4.78, 5) is 23.7. The van der Waals surface area contributed by atoms with Crippen LogP contribution in [0.2, 0.25) is 0 Å². The maximum Gasteiger partial charge on any atom is 0.228 e. The number of aryl methyl sites for hydroxylation is 1. The van der Waals surface area contributed by atoms with E-state index in [0.29, 0.717) is 12.1 Å². The molecule has 21 heavy (non-hydrogen) atoms. The number of carbonyl (C=O) groups excluding carboxylic acids is 2. The zero-order valence-electron chi connectivity index (χ0n) is 12.7. The van der Waals surface area contributed by atoms with E-state index in [4.69, 9.17) is 0 Å². The predicted molar refractivity (Wildman–Crippen MR) is 84.3 cm³/mol. The number of hydrogen-bond donors (Lipinski definition) is 3. The second-order valence-electron chi connectivity index (χ2n) is 5.46. The Bertz CT molecular complexity index is 522. The number of piperidine rings is 1. The van der Waals surface area contributed by atoms with Crippen molar-refractivity contribution in [2.45, 2.75) is 33.1 Å². The molecule has 0 spiro atoms. The number of anilines is 2. The van der Waals surface area contributed by atoms with Crippen molar-refractivity contribution in [1.29, 1.82) is 0 Å². The fraction of sp³-hybridized carbons (Fsp3) is 0.500. The lowest BCUT2D eigenvalue weighted by atomic mass is 9.98. The molecule has 1 aromatic rings. The van der Waals surface area contributed by atoms with Crippen LogP contribution < -0.4 is 16.0 Å². The fourth-order valence-electron chi connectivity index (χ4n) is 2.39. The maximum absolute atomic E-state index is 12.3. The topological polar surface area (TPSA) is 70.2 Å². The lowest BCUT2D eigenvalue weighted by molar-refractivity contribution is -0.120. The molecule has 114 valence electrons. The maximum atomic E-state index is 12.3. The minimum atomic E-state index is -0.0346. The molecule has 0 aliphatic carbocycles. The third-order valence-corrected chi connectivity index (χ3v) is 3.77. The standard InChI is InChI=1S/C16H23N3O2/c1-3-15(20)18-13-7-6-11(2)14(9-13)19-16(21)12-5-4-8-17-10-12/h6-7,9,12,17H,3-5,8,10H2,1-2H3,(H,18,20)(H,19,21)/t12-/m0/s1. The monoisotopic (exact) mass is 289 g/mol. The van der Waals surface area contributed by atoms with E-state index in [0.717, 1.165) is 37.2 Å². The van der Waals surface area contributed by atoms with Crippen LogP contribution in [0.25, 0.3) is 0 Å². The van der Waals surface area contributed by atoms with Crippen molar-refractivity contribution < 1.29 is 9.59 Å². The van der Waals surface area contributed by atoms with Crippen molar-refractivity contribution in [3.8, 4) is 0 Å². The van der Waals surface area contributed by atoms with Crippen LogP contribution in [0.15, 0.2) is 18.2 Å². The molecule has 0 aromatic heterocycles. The van der Waals surface area contributed by atoms with E-state index in [9.17, 15) is 9.59 Å². The van der Waals surface area contributed by atoms with E-state index in [1.54, 1.807) is 0 Å². The first-order chi connectivity index (χ1) is 10.1. The molecule has 1 fully saturated rings. The Labute approximate surface area is 125 Å². The van der Waals surface area contributed by atoms with Crippen LogP contribution in [-0.2, 0) is 9.59 Å². The second-order valence-corrected chi connectivity index (χ2v) is 5.46. The average molecular weight is 289 g/mol. The number of hydrogen-bond acceptors (Lipinski definition) is 3. The summed E-state index contributed by atoms with van der Waals surface area (Å²) in [5.41, 5.74) is 2.46. The predicted octanol–water partition coefficient (Wildman–Crippen LogP) is 2.28. The highest BCUT2D eigenvalue weighted by molar-refractivity contribution is 5.95. The highest BCUT2D eigenvalue weighted by Crippen LogP contribution is 2.22.